The molecule has 1 saturated heterocycles. The first kappa shape index (κ1) is 14.1. The van der Waals surface area contributed by atoms with Crippen LogP contribution in [0.3, 0.4) is 0 Å². The lowest BCUT2D eigenvalue weighted by atomic mass is 9.99. The Bertz CT molecular complexity index is 441. The fraction of sp³-hybridized carbons (Fsp3) is 0.562. The SMILES string of the molecule is CCc1ccc(C(C)N2C[C@@H](C)[C@H](C(=O)O)C2)cc1. The minimum absolute atomic E-state index is 0.225. The minimum atomic E-state index is -0.663. The van der Waals surface area contributed by atoms with Crippen LogP contribution in [0.15, 0.2) is 24.3 Å². The van der Waals surface area contributed by atoms with E-state index in [0.29, 0.717) is 6.54 Å². The Morgan fingerprint density at radius 3 is 2.47 bits per heavy atom. The molecule has 1 aromatic carbocycles. The molecule has 0 radical (unpaired) electrons. The third kappa shape index (κ3) is 2.98. The predicted molar refractivity (Wildman–Crippen MR) is 76.1 cm³/mol. The summed E-state index contributed by atoms with van der Waals surface area (Å²) in [7, 11) is 0. The zero-order valence-electron chi connectivity index (χ0n) is 12.0. The molecule has 1 fully saturated rings. The van der Waals surface area contributed by atoms with Gasteiger partial charge in [-0.3, -0.25) is 9.69 Å². The molecule has 1 N–H and O–H groups in total. The average molecular weight is 261 g/mol. The molecule has 1 unspecified atom stereocenters. The summed E-state index contributed by atoms with van der Waals surface area (Å²) in [5.74, 6) is -0.657. The first-order valence-electron chi connectivity index (χ1n) is 7.08. The van der Waals surface area contributed by atoms with E-state index in [-0.39, 0.29) is 17.9 Å². The summed E-state index contributed by atoms with van der Waals surface area (Å²) in [5.41, 5.74) is 2.62. The van der Waals surface area contributed by atoms with Gasteiger partial charge in [-0.15, -0.1) is 0 Å². The summed E-state index contributed by atoms with van der Waals surface area (Å²) in [4.78, 5) is 13.5. The van der Waals surface area contributed by atoms with Crippen molar-refractivity contribution in [2.45, 2.75) is 33.2 Å². The Balaban J connectivity index is 2.07. The minimum Gasteiger partial charge on any atom is -0.481 e. The van der Waals surface area contributed by atoms with Crippen molar-refractivity contribution in [3.8, 4) is 0 Å². The van der Waals surface area contributed by atoms with Gasteiger partial charge >= 0.3 is 5.97 Å². The van der Waals surface area contributed by atoms with Crippen molar-refractivity contribution >= 4 is 5.97 Å². The second-order valence-corrected chi connectivity index (χ2v) is 5.65. The monoisotopic (exact) mass is 261 g/mol. The summed E-state index contributed by atoms with van der Waals surface area (Å²) < 4.78 is 0. The van der Waals surface area contributed by atoms with Crippen LogP contribution in [0, 0.1) is 11.8 Å². The van der Waals surface area contributed by atoms with Crippen LogP contribution in [0.4, 0.5) is 0 Å². The molecule has 2 rings (SSSR count). The summed E-state index contributed by atoms with van der Waals surface area (Å²) in [6.45, 7) is 7.88. The molecule has 0 aliphatic carbocycles. The van der Waals surface area contributed by atoms with E-state index in [0.717, 1.165) is 13.0 Å². The van der Waals surface area contributed by atoms with Gasteiger partial charge in [0.05, 0.1) is 5.92 Å². The van der Waals surface area contributed by atoms with Crippen molar-refractivity contribution in [2.75, 3.05) is 13.1 Å². The van der Waals surface area contributed by atoms with Crippen LogP contribution in [0.1, 0.15) is 37.9 Å². The first-order valence-corrected chi connectivity index (χ1v) is 7.08. The highest BCUT2D eigenvalue weighted by Gasteiger charge is 2.36. The maximum Gasteiger partial charge on any atom is 0.308 e. The molecule has 0 amide bonds. The molecule has 0 bridgehead atoms. The number of nitrogens with zero attached hydrogens (tertiary/aromatic N) is 1. The molecule has 3 heteroatoms. The second-order valence-electron chi connectivity index (χ2n) is 5.65. The van der Waals surface area contributed by atoms with Crippen molar-refractivity contribution < 1.29 is 9.90 Å². The second kappa shape index (κ2) is 5.74. The van der Waals surface area contributed by atoms with Gasteiger partial charge in [0.15, 0.2) is 0 Å². The zero-order valence-corrected chi connectivity index (χ0v) is 12.0. The Morgan fingerprint density at radius 2 is 2.00 bits per heavy atom. The van der Waals surface area contributed by atoms with E-state index in [9.17, 15) is 9.90 Å². The average Bonchev–Trinajstić information content (AvgIpc) is 2.80. The number of benzene rings is 1. The molecule has 0 aromatic heterocycles. The zero-order chi connectivity index (χ0) is 14.0. The van der Waals surface area contributed by atoms with Crippen LogP contribution in [-0.2, 0) is 11.2 Å². The van der Waals surface area contributed by atoms with E-state index in [1.54, 1.807) is 0 Å². The molecule has 3 atom stereocenters. The number of likely N-dealkylation sites (tertiary alicyclic amines) is 1. The smallest absolute Gasteiger partial charge is 0.308 e. The summed E-state index contributed by atoms with van der Waals surface area (Å²) >= 11 is 0. The lowest BCUT2D eigenvalue weighted by Gasteiger charge is -2.24. The van der Waals surface area contributed by atoms with Crippen molar-refractivity contribution in [1.82, 2.24) is 4.90 Å². The van der Waals surface area contributed by atoms with Gasteiger partial charge < -0.3 is 5.11 Å². The Morgan fingerprint density at radius 1 is 1.37 bits per heavy atom. The van der Waals surface area contributed by atoms with E-state index in [2.05, 4.69) is 43.0 Å². The van der Waals surface area contributed by atoms with E-state index < -0.39 is 5.97 Å². The standard InChI is InChI=1S/C16H23NO2/c1-4-13-5-7-14(8-6-13)12(3)17-9-11(2)15(10-17)16(18)19/h5-8,11-12,15H,4,9-10H2,1-3H3,(H,18,19)/t11-,12?,15-/m1/s1. The Labute approximate surface area is 115 Å². The fourth-order valence-corrected chi connectivity index (χ4v) is 2.88. The topological polar surface area (TPSA) is 40.5 Å². The van der Waals surface area contributed by atoms with Crippen molar-refractivity contribution in [1.29, 1.82) is 0 Å². The van der Waals surface area contributed by atoms with Crippen molar-refractivity contribution in [3.05, 3.63) is 35.4 Å². The number of carboxylic acids is 1. The summed E-state index contributed by atoms with van der Waals surface area (Å²) in [6, 6.07) is 8.96. The van der Waals surface area contributed by atoms with E-state index >= 15 is 0 Å². The van der Waals surface area contributed by atoms with Crippen LogP contribution >= 0.6 is 0 Å². The number of carboxylic acid groups (broad SMARTS) is 1. The lowest BCUT2D eigenvalue weighted by Crippen LogP contribution is -2.26. The normalized spacial score (nSPS) is 25.4. The van der Waals surface area contributed by atoms with Gasteiger partial charge in [-0.25, -0.2) is 0 Å². The van der Waals surface area contributed by atoms with Crippen molar-refractivity contribution in [3.63, 3.8) is 0 Å². The number of hydrogen-bond acceptors (Lipinski definition) is 2. The number of aliphatic carboxylic acids is 1. The van der Waals surface area contributed by atoms with E-state index in [1.807, 2.05) is 6.92 Å². The lowest BCUT2D eigenvalue weighted by molar-refractivity contribution is -0.142. The van der Waals surface area contributed by atoms with Crippen LogP contribution < -0.4 is 0 Å². The van der Waals surface area contributed by atoms with Crippen molar-refractivity contribution in [2.24, 2.45) is 11.8 Å². The molecule has 1 aliphatic heterocycles. The Hall–Kier alpha value is -1.35. The van der Waals surface area contributed by atoms with Crippen LogP contribution in [0.25, 0.3) is 0 Å². The fourth-order valence-electron chi connectivity index (χ4n) is 2.88. The van der Waals surface area contributed by atoms with Gasteiger partial charge in [0.1, 0.15) is 0 Å². The van der Waals surface area contributed by atoms with Gasteiger partial charge in [-0.2, -0.15) is 0 Å². The predicted octanol–water partition coefficient (Wildman–Crippen LogP) is 2.96. The molecular formula is C16H23NO2. The highest BCUT2D eigenvalue weighted by molar-refractivity contribution is 5.71. The number of carbonyl (C=O) groups is 1. The third-order valence-corrected chi connectivity index (χ3v) is 4.38. The molecule has 3 nitrogen and oxygen atoms in total. The van der Waals surface area contributed by atoms with E-state index in [1.165, 1.54) is 11.1 Å². The summed E-state index contributed by atoms with van der Waals surface area (Å²) in [6.07, 6.45) is 1.05. The molecule has 0 saturated carbocycles. The summed E-state index contributed by atoms with van der Waals surface area (Å²) in [5, 5.41) is 9.20. The molecular weight excluding hydrogens is 238 g/mol. The van der Waals surface area contributed by atoms with Crippen LogP contribution in [-0.4, -0.2) is 29.1 Å². The number of rotatable bonds is 4. The molecule has 0 spiro atoms. The van der Waals surface area contributed by atoms with E-state index in [4.69, 9.17) is 0 Å². The van der Waals surface area contributed by atoms with Gasteiger partial charge in [-0.05, 0) is 30.4 Å². The molecule has 19 heavy (non-hydrogen) atoms. The van der Waals surface area contributed by atoms with Gasteiger partial charge in [0.2, 0.25) is 0 Å². The maximum atomic E-state index is 11.2. The quantitative estimate of drug-likeness (QED) is 0.906. The largest absolute Gasteiger partial charge is 0.481 e. The highest BCUT2D eigenvalue weighted by Crippen LogP contribution is 2.31. The Kier molecular flexibility index (Phi) is 4.25. The molecule has 104 valence electrons. The molecule has 1 aliphatic rings. The van der Waals surface area contributed by atoms with Crippen LogP contribution in [0.5, 0.6) is 0 Å². The molecule has 1 heterocycles. The number of hydrogen-bond donors (Lipinski definition) is 1. The number of aryl methyl sites for hydroxylation is 1. The van der Waals surface area contributed by atoms with Gasteiger partial charge in [0.25, 0.3) is 0 Å². The molecule has 1 aromatic rings. The maximum absolute atomic E-state index is 11.2. The third-order valence-electron chi connectivity index (χ3n) is 4.38. The first-order chi connectivity index (χ1) is 9.02. The van der Waals surface area contributed by atoms with Crippen LogP contribution in [0.2, 0.25) is 0 Å². The van der Waals surface area contributed by atoms with Gasteiger partial charge in [0, 0.05) is 19.1 Å². The highest BCUT2D eigenvalue weighted by atomic mass is 16.4. The van der Waals surface area contributed by atoms with Gasteiger partial charge in [-0.1, -0.05) is 38.1 Å².